The van der Waals surface area contributed by atoms with Crippen molar-refractivity contribution in [3.8, 4) is 0 Å². The highest BCUT2D eigenvalue weighted by molar-refractivity contribution is 5.78. The second kappa shape index (κ2) is 9.29. The fraction of sp³-hybridized carbons (Fsp3) is 0.895. The van der Waals surface area contributed by atoms with Crippen LogP contribution in [0.4, 0.5) is 0 Å². The molecule has 0 spiro atoms. The number of nitrogens with zero attached hydrogens (tertiary/aromatic N) is 1. The van der Waals surface area contributed by atoms with E-state index in [9.17, 15) is 9.59 Å². The first kappa shape index (κ1) is 18.3. The van der Waals surface area contributed by atoms with Crippen molar-refractivity contribution < 1.29 is 9.59 Å². The van der Waals surface area contributed by atoms with Crippen molar-refractivity contribution in [2.24, 2.45) is 17.8 Å². The number of nitrogens with one attached hydrogen (secondary N) is 1. The van der Waals surface area contributed by atoms with Gasteiger partial charge < -0.3 is 10.2 Å². The Kier molecular flexibility index (Phi) is 7.38. The zero-order valence-corrected chi connectivity index (χ0v) is 15.0. The Morgan fingerprint density at radius 2 is 1.74 bits per heavy atom. The molecule has 1 N–H and O–H groups in total. The average molecular weight is 322 g/mol. The van der Waals surface area contributed by atoms with Crippen molar-refractivity contribution in [2.45, 2.75) is 71.6 Å². The summed E-state index contributed by atoms with van der Waals surface area (Å²) < 4.78 is 0. The topological polar surface area (TPSA) is 49.4 Å². The van der Waals surface area contributed by atoms with Crippen LogP contribution in [0, 0.1) is 17.8 Å². The Morgan fingerprint density at radius 3 is 2.43 bits per heavy atom. The summed E-state index contributed by atoms with van der Waals surface area (Å²) in [5.74, 6) is 1.68. The van der Waals surface area contributed by atoms with Crippen molar-refractivity contribution in [3.05, 3.63) is 0 Å². The molecule has 2 rings (SSSR count). The molecule has 2 fully saturated rings. The van der Waals surface area contributed by atoms with Crippen LogP contribution in [0.5, 0.6) is 0 Å². The van der Waals surface area contributed by atoms with Crippen LogP contribution in [0.1, 0.15) is 71.6 Å². The van der Waals surface area contributed by atoms with E-state index in [1.165, 1.54) is 32.1 Å². The lowest BCUT2D eigenvalue weighted by Gasteiger charge is -2.33. The largest absolute Gasteiger partial charge is 0.356 e. The van der Waals surface area contributed by atoms with E-state index in [0.717, 1.165) is 44.7 Å². The van der Waals surface area contributed by atoms with E-state index in [1.54, 1.807) is 0 Å². The summed E-state index contributed by atoms with van der Waals surface area (Å²) in [5.41, 5.74) is 0. The summed E-state index contributed by atoms with van der Waals surface area (Å²) in [5, 5.41) is 3.02. The standard InChI is InChI=1S/C19H34N2O2/c1-15(2)19(23)20-13-17-9-6-12-21(14-17)18(22)11-10-16-7-4-3-5-8-16/h15-17H,3-14H2,1-2H3,(H,20,23)/t17-/m1/s1. The number of carbonyl (C=O) groups is 2. The Bertz CT molecular complexity index is 389. The molecule has 1 aliphatic heterocycles. The van der Waals surface area contributed by atoms with Crippen LogP contribution in [-0.4, -0.2) is 36.3 Å². The van der Waals surface area contributed by atoms with Crippen molar-refractivity contribution in [1.82, 2.24) is 10.2 Å². The van der Waals surface area contributed by atoms with E-state index in [1.807, 2.05) is 18.7 Å². The van der Waals surface area contributed by atoms with Crippen molar-refractivity contribution >= 4 is 11.8 Å². The average Bonchev–Trinajstić information content (AvgIpc) is 2.58. The number of carbonyl (C=O) groups excluding carboxylic acids is 2. The number of hydrogen-bond acceptors (Lipinski definition) is 2. The molecule has 1 heterocycles. The van der Waals surface area contributed by atoms with Gasteiger partial charge in [-0.3, -0.25) is 9.59 Å². The van der Waals surface area contributed by atoms with Crippen molar-refractivity contribution in [1.29, 1.82) is 0 Å². The van der Waals surface area contributed by atoms with Gasteiger partial charge in [-0.15, -0.1) is 0 Å². The lowest BCUT2D eigenvalue weighted by Crippen LogP contribution is -2.44. The predicted octanol–water partition coefficient (Wildman–Crippen LogP) is 3.36. The maximum atomic E-state index is 12.5. The quantitative estimate of drug-likeness (QED) is 0.815. The molecule has 23 heavy (non-hydrogen) atoms. The minimum absolute atomic E-state index is 0.0341. The molecule has 0 aromatic rings. The van der Waals surface area contributed by atoms with Crippen LogP contribution < -0.4 is 5.32 Å². The zero-order chi connectivity index (χ0) is 16.7. The maximum absolute atomic E-state index is 12.5. The number of hydrogen-bond donors (Lipinski definition) is 1. The summed E-state index contributed by atoms with van der Waals surface area (Å²) in [7, 11) is 0. The predicted molar refractivity (Wildman–Crippen MR) is 93.0 cm³/mol. The van der Waals surface area contributed by atoms with Crippen LogP contribution in [0.2, 0.25) is 0 Å². The SMILES string of the molecule is CC(C)C(=O)NC[C@H]1CCCN(C(=O)CCC2CCCCC2)C1. The first-order valence-corrected chi connectivity index (χ1v) is 9.61. The minimum Gasteiger partial charge on any atom is -0.356 e. The second-order valence-electron chi connectivity index (χ2n) is 7.79. The molecule has 0 radical (unpaired) electrons. The fourth-order valence-corrected chi connectivity index (χ4v) is 3.87. The van der Waals surface area contributed by atoms with Gasteiger partial charge in [-0.1, -0.05) is 46.0 Å². The lowest BCUT2D eigenvalue weighted by molar-refractivity contribution is -0.133. The highest BCUT2D eigenvalue weighted by Gasteiger charge is 2.25. The van der Waals surface area contributed by atoms with Gasteiger partial charge in [0.25, 0.3) is 0 Å². The van der Waals surface area contributed by atoms with Crippen molar-refractivity contribution in [2.75, 3.05) is 19.6 Å². The summed E-state index contributed by atoms with van der Waals surface area (Å²) in [6, 6.07) is 0. The van der Waals surface area contributed by atoms with Crippen molar-refractivity contribution in [3.63, 3.8) is 0 Å². The Labute approximate surface area is 141 Å². The Morgan fingerprint density at radius 1 is 1.04 bits per heavy atom. The third-order valence-electron chi connectivity index (χ3n) is 5.45. The van der Waals surface area contributed by atoms with Gasteiger partial charge in [0.15, 0.2) is 0 Å². The Balaban J connectivity index is 1.69. The van der Waals surface area contributed by atoms with Gasteiger partial charge in [-0.25, -0.2) is 0 Å². The summed E-state index contributed by atoms with van der Waals surface area (Å²) >= 11 is 0. The van der Waals surface area contributed by atoms with Crippen LogP contribution >= 0.6 is 0 Å². The third-order valence-corrected chi connectivity index (χ3v) is 5.45. The summed E-state index contributed by atoms with van der Waals surface area (Å²) in [6.07, 6.45) is 10.7. The number of piperidine rings is 1. The highest BCUT2D eigenvalue weighted by atomic mass is 16.2. The second-order valence-corrected chi connectivity index (χ2v) is 7.79. The molecule has 1 atom stereocenters. The molecule has 0 aromatic carbocycles. The van der Waals surface area contributed by atoms with E-state index in [0.29, 0.717) is 18.4 Å². The summed E-state index contributed by atoms with van der Waals surface area (Å²) in [4.78, 5) is 26.2. The highest BCUT2D eigenvalue weighted by Crippen LogP contribution is 2.28. The van der Waals surface area contributed by atoms with E-state index in [2.05, 4.69) is 5.32 Å². The smallest absolute Gasteiger partial charge is 0.222 e. The monoisotopic (exact) mass is 322 g/mol. The first-order chi connectivity index (χ1) is 11.1. The van der Waals surface area contributed by atoms with Gasteiger partial charge in [0.05, 0.1) is 0 Å². The van der Waals surface area contributed by atoms with Crippen LogP contribution in [0.3, 0.4) is 0 Å². The molecule has 2 aliphatic rings. The number of rotatable bonds is 6. The van der Waals surface area contributed by atoms with Gasteiger partial charge in [0, 0.05) is 32.0 Å². The molecule has 1 saturated heterocycles. The lowest BCUT2D eigenvalue weighted by atomic mass is 9.86. The molecule has 132 valence electrons. The molecule has 0 aromatic heterocycles. The zero-order valence-electron chi connectivity index (χ0n) is 15.0. The van der Waals surface area contributed by atoms with Gasteiger partial charge >= 0.3 is 0 Å². The van der Waals surface area contributed by atoms with E-state index in [-0.39, 0.29) is 11.8 Å². The Hall–Kier alpha value is -1.06. The van der Waals surface area contributed by atoms with E-state index < -0.39 is 0 Å². The molecule has 4 nitrogen and oxygen atoms in total. The normalized spacial score (nSPS) is 23.1. The van der Waals surface area contributed by atoms with E-state index >= 15 is 0 Å². The van der Waals surface area contributed by atoms with Gasteiger partial charge in [-0.05, 0) is 31.1 Å². The van der Waals surface area contributed by atoms with Gasteiger partial charge in [0.1, 0.15) is 0 Å². The van der Waals surface area contributed by atoms with Crippen LogP contribution in [0.15, 0.2) is 0 Å². The van der Waals surface area contributed by atoms with Crippen LogP contribution in [0.25, 0.3) is 0 Å². The molecule has 1 aliphatic carbocycles. The fourth-order valence-electron chi connectivity index (χ4n) is 3.87. The number of likely N-dealkylation sites (tertiary alicyclic amines) is 1. The summed E-state index contributed by atoms with van der Waals surface area (Å²) in [6.45, 7) is 6.26. The van der Waals surface area contributed by atoms with Gasteiger partial charge in [-0.2, -0.15) is 0 Å². The number of amides is 2. The molecule has 0 unspecified atom stereocenters. The van der Waals surface area contributed by atoms with Crippen LogP contribution in [-0.2, 0) is 9.59 Å². The first-order valence-electron chi connectivity index (χ1n) is 9.61. The van der Waals surface area contributed by atoms with E-state index in [4.69, 9.17) is 0 Å². The molecular weight excluding hydrogens is 288 g/mol. The third kappa shape index (κ3) is 6.15. The molecular formula is C19H34N2O2. The molecule has 0 bridgehead atoms. The molecule has 1 saturated carbocycles. The molecule has 2 amide bonds. The minimum atomic E-state index is 0.0341. The molecule has 4 heteroatoms. The maximum Gasteiger partial charge on any atom is 0.222 e. The van der Waals surface area contributed by atoms with Gasteiger partial charge in [0.2, 0.25) is 11.8 Å².